The molecule has 5 heteroatoms. The van der Waals surface area contributed by atoms with E-state index in [1.807, 2.05) is 40.6 Å². The summed E-state index contributed by atoms with van der Waals surface area (Å²) >= 11 is 4.00. The predicted molar refractivity (Wildman–Crippen MR) is 118 cm³/mol. The number of thioether (sulfide) groups is 2. The van der Waals surface area contributed by atoms with Crippen LogP contribution in [0.4, 0.5) is 5.69 Å². The van der Waals surface area contributed by atoms with E-state index in [1.54, 1.807) is 0 Å². The van der Waals surface area contributed by atoms with Crippen molar-refractivity contribution < 1.29 is 4.79 Å². The molecule has 2 heterocycles. The van der Waals surface area contributed by atoms with Gasteiger partial charge in [0.15, 0.2) is 0 Å². The summed E-state index contributed by atoms with van der Waals surface area (Å²) in [5.41, 5.74) is 6.11. The molecular weight excluding hydrogens is 372 g/mol. The van der Waals surface area contributed by atoms with Crippen LogP contribution in [-0.2, 0) is 0 Å². The lowest BCUT2D eigenvalue weighted by Gasteiger charge is -2.37. The lowest BCUT2D eigenvalue weighted by atomic mass is 10.1. The summed E-state index contributed by atoms with van der Waals surface area (Å²) in [7, 11) is 0. The minimum Gasteiger partial charge on any atom is -0.368 e. The van der Waals surface area contributed by atoms with Crippen LogP contribution in [0.3, 0.4) is 0 Å². The molecule has 2 fully saturated rings. The van der Waals surface area contributed by atoms with Crippen LogP contribution in [0.25, 0.3) is 0 Å². The van der Waals surface area contributed by atoms with Crippen molar-refractivity contribution in [2.45, 2.75) is 18.4 Å². The predicted octanol–water partition coefficient (Wildman–Crippen LogP) is 4.74. The first kappa shape index (κ1) is 18.8. The molecule has 0 spiro atoms. The number of aryl methyl sites for hydroxylation is 1. The van der Waals surface area contributed by atoms with Gasteiger partial charge in [0.2, 0.25) is 0 Å². The minimum atomic E-state index is 0.161. The number of nitrogens with zero attached hydrogens (tertiary/aromatic N) is 2. The van der Waals surface area contributed by atoms with Crippen LogP contribution < -0.4 is 4.90 Å². The Morgan fingerprint density at radius 1 is 0.926 bits per heavy atom. The molecule has 0 bridgehead atoms. The fourth-order valence-electron chi connectivity index (χ4n) is 3.74. The number of hydrogen-bond acceptors (Lipinski definition) is 4. The summed E-state index contributed by atoms with van der Waals surface area (Å²) in [6.07, 6.45) is 0. The van der Waals surface area contributed by atoms with E-state index >= 15 is 0 Å². The van der Waals surface area contributed by atoms with Crippen LogP contribution in [0.2, 0.25) is 0 Å². The summed E-state index contributed by atoms with van der Waals surface area (Å²) in [5, 5.41) is 0. The average Bonchev–Trinajstić information content (AvgIpc) is 3.25. The first-order chi connectivity index (χ1) is 13.1. The Morgan fingerprint density at radius 3 is 2.26 bits per heavy atom. The highest BCUT2D eigenvalue weighted by Gasteiger charge is 2.24. The molecule has 3 nitrogen and oxygen atoms in total. The zero-order valence-electron chi connectivity index (χ0n) is 16.0. The van der Waals surface area contributed by atoms with Gasteiger partial charge in [0.05, 0.1) is 4.58 Å². The van der Waals surface area contributed by atoms with Crippen LogP contribution in [0.15, 0.2) is 42.5 Å². The fraction of sp³-hybridized carbons (Fsp3) is 0.409. The molecule has 27 heavy (non-hydrogen) atoms. The normalized spacial score (nSPS) is 18.1. The molecule has 0 atom stereocenters. The van der Waals surface area contributed by atoms with Crippen molar-refractivity contribution >= 4 is 35.1 Å². The summed E-state index contributed by atoms with van der Waals surface area (Å²) < 4.78 is 0.537. The quantitative estimate of drug-likeness (QED) is 0.745. The molecule has 0 aliphatic carbocycles. The highest BCUT2D eigenvalue weighted by molar-refractivity contribution is 8.19. The summed E-state index contributed by atoms with van der Waals surface area (Å²) in [5.74, 6) is 2.61. The van der Waals surface area contributed by atoms with Gasteiger partial charge >= 0.3 is 0 Å². The SMILES string of the molecule is Cc1cccc(N2CCN(C(=O)c3ccc(C4SCCS4)cc3)CC2)c1C. The van der Waals surface area contributed by atoms with Crippen molar-refractivity contribution in [2.24, 2.45) is 0 Å². The second kappa shape index (κ2) is 8.19. The Labute approximate surface area is 170 Å². The lowest BCUT2D eigenvalue weighted by Crippen LogP contribution is -2.49. The van der Waals surface area contributed by atoms with Gasteiger partial charge in [-0.3, -0.25) is 4.79 Å². The molecular formula is C22H26N2OS2. The van der Waals surface area contributed by atoms with Gasteiger partial charge in [-0.05, 0) is 48.7 Å². The van der Waals surface area contributed by atoms with Crippen molar-refractivity contribution in [1.29, 1.82) is 0 Å². The number of carbonyl (C=O) groups is 1. The van der Waals surface area contributed by atoms with Crippen molar-refractivity contribution in [1.82, 2.24) is 4.90 Å². The highest BCUT2D eigenvalue weighted by Crippen LogP contribution is 2.45. The molecule has 1 amide bonds. The standard InChI is InChI=1S/C22H26N2OS2/c1-16-4-3-5-20(17(16)2)23-10-12-24(13-11-23)21(25)18-6-8-19(9-7-18)22-26-14-15-27-22/h3-9,22H,10-15H2,1-2H3. The van der Waals surface area contributed by atoms with E-state index in [0.717, 1.165) is 31.7 Å². The Balaban J connectivity index is 1.39. The first-order valence-corrected chi connectivity index (χ1v) is 11.7. The molecule has 0 unspecified atom stereocenters. The molecule has 0 N–H and O–H groups in total. The number of hydrogen-bond donors (Lipinski definition) is 0. The third-order valence-electron chi connectivity index (χ3n) is 5.54. The Hall–Kier alpha value is -1.59. The molecule has 0 saturated carbocycles. The molecule has 2 aromatic rings. The van der Waals surface area contributed by atoms with E-state index in [-0.39, 0.29) is 5.91 Å². The third kappa shape index (κ3) is 3.99. The minimum absolute atomic E-state index is 0.161. The van der Waals surface area contributed by atoms with Crippen LogP contribution in [0.1, 0.15) is 31.6 Å². The fourth-order valence-corrected chi connectivity index (χ4v) is 6.60. The number of amides is 1. The van der Waals surface area contributed by atoms with E-state index in [1.165, 1.54) is 33.9 Å². The lowest BCUT2D eigenvalue weighted by molar-refractivity contribution is 0.0747. The Morgan fingerprint density at radius 2 is 1.59 bits per heavy atom. The van der Waals surface area contributed by atoms with Gasteiger partial charge in [0, 0.05) is 48.9 Å². The van der Waals surface area contributed by atoms with Gasteiger partial charge in [-0.2, -0.15) is 0 Å². The topological polar surface area (TPSA) is 23.6 Å². The second-order valence-electron chi connectivity index (χ2n) is 7.19. The summed E-state index contributed by atoms with van der Waals surface area (Å²) in [4.78, 5) is 17.3. The van der Waals surface area contributed by atoms with E-state index in [2.05, 4.69) is 49.1 Å². The van der Waals surface area contributed by atoms with Gasteiger partial charge < -0.3 is 9.80 Å². The molecule has 2 aliphatic heterocycles. The van der Waals surface area contributed by atoms with Crippen LogP contribution in [0.5, 0.6) is 0 Å². The van der Waals surface area contributed by atoms with Crippen LogP contribution >= 0.6 is 23.5 Å². The maximum atomic E-state index is 12.9. The van der Waals surface area contributed by atoms with Gasteiger partial charge in [-0.25, -0.2) is 0 Å². The number of carbonyl (C=O) groups excluding carboxylic acids is 1. The van der Waals surface area contributed by atoms with Gasteiger partial charge in [-0.15, -0.1) is 23.5 Å². The van der Waals surface area contributed by atoms with Crippen LogP contribution in [-0.4, -0.2) is 48.5 Å². The molecule has 2 saturated heterocycles. The molecule has 0 radical (unpaired) electrons. The number of rotatable bonds is 3. The zero-order valence-corrected chi connectivity index (χ0v) is 17.6. The summed E-state index contributed by atoms with van der Waals surface area (Å²) in [6, 6.07) is 14.8. The van der Waals surface area contributed by atoms with Crippen molar-refractivity contribution in [2.75, 3.05) is 42.6 Å². The second-order valence-corrected chi connectivity index (χ2v) is 9.92. The van der Waals surface area contributed by atoms with Crippen molar-refractivity contribution in [3.05, 3.63) is 64.7 Å². The van der Waals surface area contributed by atoms with Gasteiger partial charge in [0.1, 0.15) is 0 Å². The number of piperazine rings is 1. The Kier molecular flexibility index (Phi) is 5.69. The third-order valence-corrected chi connectivity index (χ3v) is 8.64. The molecule has 2 aromatic carbocycles. The Bertz CT molecular complexity index is 808. The van der Waals surface area contributed by atoms with E-state index in [9.17, 15) is 4.79 Å². The van der Waals surface area contributed by atoms with Crippen molar-refractivity contribution in [3.8, 4) is 0 Å². The molecule has 4 rings (SSSR count). The molecule has 0 aromatic heterocycles. The summed E-state index contributed by atoms with van der Waals surface area (Å²) in [6.45, 7) is 7.69. The molecule has 2 aliphatic rings. The maximum absolute atomic E-state index is 12.9. The van der Waals surface area contributed by atoms with Gasteiger partial charge in [-0.1, -0.05) is 24.3 Å². The monoisotopic (exact) mass is 398 g/mol. The van der Waals surface area contributed by atoms with Gasteiger partial charge in [0.25, 0.3) is 5.91 Å². The maximum Gasteiger partial charge on any atom is 0.253 e. The average molecular weight is 399 g/mol. The van der Waals surface area contributed by atoms with E-state index in [0.29, 0.717) is 4.58 Å². The number of benzene rings is 2. The smallest absolute Gasteiger partial charge is 0.253 e. The molecule has 142 valence electrons. The van der Waals surface area contributed by atoms with Crippen molar-refractivity contribution in [3.63, 3.8) is 0 Å². The highest BCUT2D eigenvalue weighted by atomic mass is 32.2. The first-order valence-electron chi connectivity index (χ1n) is 9.57. The van der Waals surface area contributed by atoms with E-state index in [4.69, 9.17) is 0 Å². The van der Waals surface area contributed by atoms with E-state index < -0.39 is 0 Å². The number of anilines is 1. The zero-order chi connectivity index (χ0) is 18.8. The largest absolute Gasteiger partial charge is 0.368 e. The van der Waals surface area contributed by atoms with Crippen LogP contribution in [0, 0.1) is 13.8 Å².